The molecular weight excluding hydrogens is 311 g/mol. The summed E-state index contributed by atoms with van der Waals surface area (Å²) in [5, 5.41) is 0.842. The highest BCUT2D eigenvalue weighted by atomic mass is 35.5. The van der Waals surface area contributed by atoms with Crippen LogP contribution in [0.25, 0.3) is 0 Å². The SMILES string of the molecule is CCOc1cc(Cl)c(C(N)CCOCC(F)F)cc1Cl. The molecule has 114 valence electrons. The molecule has 0 aliphatic carbocycles. The monoisotopic (exact) mass is 327 g/mol. The van der Waals surface area contributed by atoms with Crippen LogP contribution >= 0.6 is 23.2 Å². The minimum absolute atomic E-state index is 0.132. The second kappa shape index (κ2) is 8.62. The van der Waals surface area contributed by atoms with Crippen molar-refractivity contribution in [1.82, 2.24) is 0 Å². The van der Waals surface area contributed by atoms with E-state index in [2.05, 4.69) is 0 Å². The van der Waals surface area contributed by atoms with Gasteiger partial charge in [-0.2, -0.15) is 0 Å². The van der Waals surface area contributed by atoms with E-state index in [0.29, 0.717) is 34.4 Å². The molecular formula is C13H17Cl2F2NO2. The standard InChI is InChI=1S/C13H17Cl2F2NO2/c1-2-20-12-6-9(14)8(5-10(12)15)11(18)3-4-19-7-13(16)17/h5-6,11,13H,2-4,7,18H2,1H3. The number of hydrogen-bond acceptors (Lipinski definition) is 3. The molecule has 0 aliphatic rings. The summed E-state index contributed by atoms with van der Waals surface area (Å²) in [5.74, 6) is 0.490. The highest BCUT2D eigenvalue weighted by Gasteiger charge is 2.14. The van der Waals surface area contributed by atoms with Gasteiger partial charge in [0.25, 0.3) is 6.43 Å². The van der Waals surface area contributed by atoms with Crippen LogP contribution in [0.1, 0.15) is 24.9 Å². The molecule has 0 spiro atoms. The zero-order valence-corrected chi connectivity index (χ0v) is 12.6. The van der Waals surface area contributed by atoms with Crippen molar-refractivity contribution >= 4 is 23.2 Å². The topological polar surface area (TPSA) is 44.5 Å². The highest BCUT2D eigenvalue weighted by molar-refractivity contribution is 6.34. The maximum absolute atomic E-state index is 11.9. The third kappa shape index (κ3) is 5.40. The van der Waals surface area contributed by atoms with Crippen molar-refractivity contribution in [3.8, 4) is 5.75 Å². The Morgan fingerprint density at radius 2 is 1.95 bits per heavy atom. The van der Waals surface area contributed by atoms with E-state index in [9.17, 15) is 8.78 Å². The van der Waals surface area contributed by atoms with E-state index in [1.165, 1.54) is 0 Å². The summed E-state index contributed by atoms with van der Waals surface area (Å²) in [4.78, 5) is 0. The minimum Gasteiger partial charge on any atom is -0.492 e. The smallest absolute Gasteiger partial charge is 0.261 e. The average molecular weight is 328 g/mol. The molecule has 0 heterocycles. The number of halogens is 4. The Balaban J connectivity index is 2.63. The summed E-state index contributed by atoms with van der Waals surface area (Å²) in [7, 11) is 0. The molecule has 1 aromatic carbocycles. The summed E-state index contributed by atoms with van der Waals surface area (Å²) in [6.07, 6.45) is -2.11. The van der Waals surface area contributed by atoms with E-state index in [1.807, 2.05) is 6.92 Å². The first-order valence-electron chi connectivity index (χ1n) is 6.18. The quantitative estimate of drug-likeness (QED) is 0.732. The Morgan fingerprint density at radius 1 is 1.25 bits per heavy atom. The summed E-state index contributed by atoms with van der Waals surface area (Å²) < 4.78 is 33.9. The van der Waals surface area contributed by atoms with Crippen molar-refractivity contribution in [3.05, 3.63) is 27.7 Å². The normalized spacial score (nSPS) is 12.8. The van der Waals surface area contributed by atoms with Gasteiger partial charge in [-0.25, -0.2) is 8.78 Å². The molecule has 2 N–H and O–H groups in total. The molecule has 0 aromatic heterocycles. The van der Waals surface area contributed by atoms with Gasteiger partial charge in [-0.15, -0.1) is 0 Å². The largest absolute Gasteiger partial charge is 0.492 e. The van der Waals surface area contributed by atoms with Crippen molar-refractivity contribution in [3.63, 3.8) is 0 Å². The Labute approximate surface area is 126 Å². The van der Waals surface area contributed by atoms with E-state index in [4.69, 9.17) is 38.4 Å². The summed E-state index contributed by atoms with van der Waals surface area (Å²) in [6.45, 7) is 1.85. The number of ether oxygens (including phenoxy) is 2. The molecule has 1 atom stereocenters. The van der Waals surface area contributed by atoms with Gasteiger partial charge in [-0.1, -0.05) is 23.2 Å². The minimum atomic E-state index is -2.48. The molecule has 0 fully saturated rings. The molecule has 1 rings (SSSR count). The Kier molecular flexibility index (Phi) is 7.51. The molecule has 1 aromatic rings. The number of nitrogens with two attached hydrogens (primary N) is 1. The predicted molar refractivity (Wildman–Crippen MR) is 76.0 cm³/mol. The van der Waals surface area contributed by atoms with E-state index in [0.717, 1.165) is 0 Å². The zero-order valence-electron chi connectivity index (χ0n) is 11.0. The number of benzene rings is 1. The molecule has 0 saturated carbocycles. The first-order chi connectivity index (χ1) is 9.45. The van der Waals surface area contributed by atoms with Crippen LogP contribution in [0.15, 0.2) is 12.1 Å². The second-order valence-electron chi connectivity index (χ2n) is 4.10. The number of rotatable bonds is 8. The van der Waals surface area contributed by atoms with Crippen molar-refractivity contribution in [2.24, 2.45) is 5.73 Å². The van der Waals surface area contributed by atoms with Crippen LogP contribution in [0, 0.1) is 0 Å². The molecule has 0 radical (unpaired) electrons. The molecule has 1 unspecified atom stereocenters. The van der Waals surface area contributed by atoms with Gasteiger partial charge in [0.1, 0.15) is 12.4 Å². The summed E-state index contributed by atoms with van der Waals surface area (Å²) in [6, 6.07) is 2.79. The van der Waals surface area contributed by atoms with E-state index < -0.39 is 19.1 Å². The lowest BCUT2D eigenvalue weighted by Gasteiger charge is -2.16. The van der Waals surface area contributed by atoms with Gasteiger partial charge in [-0.05, 0) is 25.0 Å². The first kappa shape index (κ1) is 17.4. The van der Waals surface area contributed by atoms with E-state index in [-0.39, 0.29) is 6.61 Å². The lowest BCUT2D eigenvalue weighted by atomic mass is 10.0. The Bertz CT molecular complexity index is 433. The first-order valence-corrected chi connectivity index (χ1v) is 6.94. The molecule has 3 nitrogen and oxygen atoms in total. The maximum Gasteiger partial charge on any atom is 0.261 e. The fourth-order valence-corrected chi connectivity index (χ4v) is 2.15. The van der Waals surface area contributed by atoms with Crippen LogP contribution < -0.4 is 10.5 Å². The van der Waals surface area contributed by atoms with Crippen LogP contribution in [0.4, 0.5) is 8.78 Å². The molecule has 0 saturated heterocycles. The summed E-state index contributed by atoms with van der Waals surface area (Å²) >= 11 is 12.2. The molecule has 20 heavy (non-hydrogen) atoms. The van der Waals surface area contributed by atoms with Crippen LogP contribution in [-0.2, 0) is 4.74 Å². The lowest BCUT2D eigenvalue weighted by Crippen LogP contribution is -2.15. The fourth-order valence-electron chi connectivity index (χ4n) is 1.63. The zero-order chi connectivity index (χ0) is 15.1. The van der Waals surface area contributed by atoms with Gasteiger partial charge in [0.2, 0.25) is 0 Å². The van der Waals surface area contributed by atoms with Crippen molar-refractivity contribution < 1.29 is 18.3 Å². The fraction of sp³-hybridized carbons (Fsp3) is 0.538. The van der Waals surface area contributed by atoms with Crippen LogP contribution in [0.2, 0.25) is 10.0 Å². The summed E-state index contributed by atoms with van der Waals surface area (Å²) in [5.41, 5.74) is 6.59. The molecule has 0 amide bonds. The van der Waals surface area contributed by atoms with Gasteiger partial charge >= 0.3 is 0 Å². The predicted octanol–water partition coefficient (Wildman–Crippen LogP) is 4.06. The maximum atomic E-state index is 11.9. The Morgan fingerprint density at radius 3 is 2.55 bits per heavy atom. The van der Waals surface area contributed by atoms with Gasteiger partial charge < -0.3 is 15.2 Å². The number of hydrogen-bond donors (Lipinski definition) is 1. The second-order valence-corrected chi connectivity index (χ2v) is 4.91. The van der Waals surface area contributed by atoms with Crippen molar-refractivity contribution in [2.45, 2.75) is 25.8 Å². The molecule has 0 aliphatic heterocycles. The highest BCUT2D eigenvalue weighted by Crippen LogP contribution is 2.34. The van der Waals surface area contributed by atoms with Gasteiger partial charge in [0.15, 0.2) is 0 Å². The average Bonchev–Trinajstić information content (AvgIpc) is 2.38. The van der Waals surface area contributed by atoms with E-state index in [1.54, 1.807) is 12.1 Å². The van der Waals surface area contributed by atoms with Crippen LogP contribution in [-0.4, -0.2) is 26.2 Å². The van der Waals surface area contributed by atoms with Crippen LogP contribution in [0.3, 0.4) is 0 Å². The molecule has 0 bridgehead atoms. The molecule has 7 heteroatoms. The van der Waals surface area contributed by atoms with Crippen LogP contribution in [0.5, 0.6) is 5.75 Å². The van der Waals surface area contributed by atoms with E-state index >= 15 is 0 Å². The third-order valence-corrected chi connectivity index (χ3v) is 3.19. The van der Waals surface area contributed by atoms with Gasteiger partial charge in [0, 0.05) is 23.7 Å². The lowest BCUT2D eigenvalue weighted by molar-refractivity contribution is 0.0152. The van der Waals surface area contributed by atoms with Crippen molar-refractivity contribution in [2.75, 3.05) is 19.8 Å². The Hall–Kier alpha value is -0.620. The third-order valence-electron chi connectivity index (χ3n) is 2.57. The van der Waals surface area contributed by atoms with Gasteiger partial charge in [-0.3, -0.25) is 0 Å². The van der Waals surface area contributed by atoms with Gasteiger partial charge in [0.05, 0.1) is 11.6 Å². The van der Waals surface area contributed by atoms with Crippen molar-refractivity contribution in [1.29, 1.82) is 0 Å². The number of alkyl halides is 2.